The molecule has 178 valence electrons. The number of anilines is 1. The van der Waals surface area contributed by atoms with Crippen LogP contribution in [-0.4, -0.2) is 33.3 Å². The highest BCUT2D eigenvalue weighted by Gasteiger charge is 2.44. The fourth-order valence-electron chi connectivity index (χ4n) is 4.36. The maximum atomic E-state index is 13.5. The Hall–Kier alpha value is -4.46. The average Bonchev–Trinajstić information content (AvgIpc) is 3.30. The third kappa shape index (κ3) is 3.93. The maximum absolute atomic E-state index is 13.5. The van der Waals surface area contributed by atoms with Crippen molar-refractivity contribution in [1.29, 1.82) is 0 Å². The maximum Gasteiger partial charge on any atom is 0.344 e. The van der Waals surface area contributed by atoms with E-state index in [0.717, 1.165) is 0 Å². The number of ether oxygens (including phenoxy) is 4. The van der Waals surface area contributed by atoms with Crippen molar-refractivity contribution in [2.45, 2.75) is 12.0 Å². The Bertz CT molecular complexity index is 1460. The molecule has 1 aliphatic rings. The second-order valence-corrected chi connectivity index (χ2v) is 7.98. The number of nitrogens with one attached hydrogen (secondary N) is 1. The highest BCUT2D eigenvalue weighted by molar-refractivity contribution is 5.97. The molecule has 0 saturated heterocycles. The fraction of sp³-hybridized carbons (Fsp3) is 0.185. The molecule has 0 aliphatic carbocycles. The summed E-state index contributed by atoms with van der Waals surface area (Å²) in [5, 5.41) is 3.50. The Morgan fingerprint density at radius 3 is 2.34 bits per heavy atom. The van der Waals surface area contributed by atoms with Crippen molar-refractivity contribution in [3.8, 4) is 23.0 Å². The first-order chi connectivity index (χ1) is 17.0. The van der Waals surface area contributed by atoms with Crippen LogP contribution in [0.25, 0.3) is 11.0 Å². The van der Waals surface area contributed by atoms with Gasteiger partial charge in [0.05, 0.1) is 38.2 Å². The highest BCUT2D eigenvalue weighted by atomic mass is 16.5. The van der Waals surface area contributed by atoms with Crippen LogP contribution in [0.2, 0.25) is 0 Å². The summed E-state index contributed by atoms with van der Waals surface area (Å²) in [6.07, 6.45) is -1.03. The van der Waals surface area contributed by atoms with E-state index >= 15 is 0 Å². The fourth-order valence-corrected chi connectivity index (χ4v) is 4.36. The number of methoxy groups -OCH3 is 3. The van der Waals surface area contributed by atoms with Gasteiger partial charge in [0.1, 0.15) is 17.1 Å². The van der Waals surface area contributed by atoms with Crippen LogP contribution in [0, 0.1) is 0 Å². The van der Waals surface area contributed by atoms with Crippen molar-refractivity contribution in [3.05, 3.63) is 88.3 Å². The smallest absolute Gasteiger partial charge is 0.344 e. The molecule has 3 aromatic carbocycles. The minimum absolute atomic E-state index is 0.283. The Kier molecular flexibility index (Phi) is 5.78. The van der Waals surface area contributed by atoms with E-state index in [-0.39, 0.29) is 5.56 Å². The van der Waals surface area contributed by atoms with Crippen LogP contribution in [0.3, 0.4) is 0 Å². The molecule has 1 amide bonds. The van der Waals surface area contributed by atoms with Crippen LogP contribution in [0.15, 0.2) is 75.9 Å². The van der Waals surface area contributed by atoms with E-state index in [9.17, 15) is 9.59 Å². The number of fused-ring (bicyclic) bond motifs is 3. The third-order valence-corrected chi connectivity index (χ3v) is 6.04. The lowest BCUT2D eigenvalue weighted by Gasteiger charge is -2.20. The van der Waals surface area contributed by atoms with Crippen molar-refractivity contribution >= 4 is 22.6 Å². The Balaban J connectivity index is 1.62. The highest BCUT2D eigenvalue weighted by Crippen LogP contribution is 2.46. The molecule has 8 nitrogen and oxygen atoms in total. The number of rotatable bonds is 6. The zero-order valence-corrected chi connectivity index (χ0v) is 19.4. The second kappa shape index (κ2) is 9.06. The molecule has 2 atom stereocenters. The summed E-state index contributed by atoms with van der Waals surface area (Å²) in [4.78, 5) is 26.6. The quantitative estimate of drug-likeness (QED) is 0.416. The van der Waals surface area contributed by atoms with Crippen LogP contribution in [-0.2, 0) is 4.79 Å². The summed E-state index contributed by atoms with van der Waals surface area (Å²) in [7, 11) is 4.63. The van der Waals surface area contributed by atoms with Crippen molar-refractivity contribution in [3.63, 3.8) is 0 Å². The molecule has 0 fully saturated rings. The van der Waals surface area contributed by atoms with Gasteiger partial charge >= 0.3 is 5.63 Å². The largest absolute Gasteiger partial charge is 0.497 e. The van der Waals surface area contributed by atoms with Gasteiger partial charge in [0.15, 0.2) is 17.6 Å². The lowest BCUT2D eigenvalue weighted by Crippen LogP contribution is -2.35. The minimum Gasteiger partial charge on any atom is -0.497 e. The molecule has 1 aliphatic heterocycles. The first-order valence-electron chi connectivity index (χ1n) is 10.9. The number of para-hydroxylation sites is 1. The van der Waals surface area contributed by atoms with Gasteiger partial charge in [0, 0.05) is 5.69 Å². The predicted octanol–water partition coefficient (Wildman–Crippen LogP) is 4.35. The van der Waals surface area contributed by atoms with Gasteiger partial charge in [-0.2, -0.15) is 0 Å². The van der Waals surface area contributed by atoms with E-state index in [0.29, 0.717) is 45.2 Å². The van der Waals surface area contributed by atoms with E-state index in [1.807, 2.05) is 6.07 Å². The minimum atomic E-state index is -1.03. The van der Waals surface area contributed by atoms with E-state index in [1.54, 1.807) is 67.8 Å². The lowest BCUT2D eigenvalue weighted by atomic mass is 9.88. The zero-order chi connectivity index (χ0) is 24.5. The van der Waals surface area contributed by atoms with Gasteiger partial charge in [-0.15, -0.1) is 0 Å². The number of carbonyl (C=O) groups excluding carboxylic acids is 1. The first-order valence-corrected chi connectivity index (χ1v) is 10.9. The van der Waals surface area contributed by atoms with Crippen molar-refractivity contribution < 1.29 is 28.2 Å². The number of hydrogen-bond acceptors (Lipinski definition) is 7. The molecule has 0 bridgehead atoms. The van der Waals surface area contributed by atoms with Gasteiger partial charge in [-0.1, -0.05) is 18.2 Å². The normalized spacial score (nSPS) is 16.3. The van der Waals surface area contributed by atoms with Crippen LogP contribution in [0.1, 0.15) is 17.0 Å². The summed E-state index contributed by atoms with van der Waals surface area (Å²) in [6, 6.07) is 19.3. The molecular formula is C27H23NO7. The van der Waals surface area contributed by atoms with Gasteiger partial charge in [-0.3, -0.25) is 4.79 Å². The number of benzene rings is 3. The van der Waals surface area contributed by atoms with E-state index < -0.39 is 23.6 Å². The molecule has 35 heavy (non-hydrogen) atoms. The first kappa shape index (κ1) is 22.3. The zero-order valence-electron chi connectivity index (χ0n) is 19.4. The van der Waals surface area contributed by atoms with Gasteiger partial charge in [-0.25, -0.2) is 4.79 Å². The topological polar surface area (TPSA) is 96.2 Å². The molecule has 4 aromatic rings. The molecule has 5 rings (SSSR count). The number of amides is 1. The Morgan fingerprint density at radius 1 is 0.886 bits per heavy atom. The van der Waals surface area contributed by atoms with Gasteiger partial charge in [0.25, 0.3) is 5.91 Å². The van der Waals surface area contributed by atoms with E-state index in [2.05, 4.69) is 5.32 Å². The molecule has 0 radical (unpaired) electrons. The van der Waals surface area contributed by atoms with Crippen LogP contribution in [0.4, 0.5) is 5.69 Å². The molecule has 8 heteroatoms. The average molecular weight is 473 g/mol. The van der Waals surface area contributed by atoms with Gasteiger partial charge in [0.2, 0.25) is 0 Å². The van der Waals surface area contributed by atoms with Crippen molar-refractivity contribution in [2.75, 3.05) is 26.6 Å². The monoisotopic (exact) mass is 473 g/mol. The third-order valence-electron chi connectivity index (χ3n) is 6.04. The molecular weight excluding hydrogens is 450 g/mol. The summed E-state index contributed by atoms with van der Waals surface area (Å²) in [5.41, 5.74) is 1.33. The Morgan fingerprint density at radius 2 is 1.63 bits per heavy atom. The van der Waals surface area contributed by atoms with Crippen molar-refractivity contribution in [2.24, 2.45) is 0 Å². The standard InChI is InChI=1S/C27H23NO7/c1-31-17-11-9-16(10-12-17)28-26(29)25-22(15-8-13-20(32-2)21(14-15)33-3)23-24(35-25)18-6-4-5-7-19(18)34-27(23)30/h4-14,22,25H,1-3H3,(H,28,29)/t22-,25+/m0/s1. The number of carbonyl (C=O) groups is 1. The molecule has 2 heterocycles. The van der Waals surface area contributed by atoms with Crippen molar-refractivity contribution in [1.82, 2.24) is 0 Å². The van der Waals surface area contributed by atoms with Crippen LogP contribution >= 0.6 is 0 Å². The van der Waals surface area contributed by atoms with Crippen LogP contribution in [0.5, 0.6) is 23.0 Å². The summed E-state index contributed by atoms with van der Waals surface area (Å²) >= 11 is 0. The van der Waals surface area contributed by atoms with Crippen LogP contribution < -0.4 is 29.9 Å². The van der Waals surface area contributed by atoms with E-state index in [4.69, 9.17) is 23.4 Å². The van der Waals surface area contributed by atoms with Gasteiger partial charge < -0.3 is 28.7 Å². The molecule has 0 spiro atoms. The SMILES string of the molecule is COc1ccc(NC(=O)[C@@H]2Oc3c(c(=O)oc4ccccc34)[C@@H]2c2ccc(OC)c(OC)c2)cc1. The number of hydrogen-bond donors (Lipinski definition) is 1. The summed E-state index contributed by atoms with van der Waals surface area (Å²) in [5.74, 6) is 0.864. The van der Waals surface area contributed by atoms with Gasteiger partial charge in [-0.05, 0) is 54.1 Å². The summed E-state index contributed by atoms with van der Waals surface area (Å²) in [6.45, 7) is 0. The second-order valence-electron chi connectivity index (χ2n) is 7.98. The van der Waals surface area contributed by atoms with E-state index in [1.165, 1.54) is 14.2 Å². The molecule has 1 N–H and O–H groups in total. The Labute approximate surface area is 201 Å². The molecule has 0 saturated carbocycles. The molecule has 0 unspecified atom stereocenters. The summed E-state index contributed by atoms with van der Waals surface area (Å²) < 4.78 is 27.8. The molecule has 1 aromatic heterocycles. The predicted molar refractivity (Wildman–Crippen MR) is 130 cm³/mol. The lowest BCUT2D eigenvalue weighted by molar-refractivity contribution is -0.122.